The van der Waals surface area contributed by atoms with E-state index >= 15 is 0 Å². The fraction of sp³-hybridized carbons (Fsp3) is 0.118. The van der Waals surface area contributed by atoms with Crippen LogP contribution in [0.1, 0.15) is 11.1 Å². The third-order valence-electron chi connectivity index (χ3n) is 3.62. The molecule has 3 N–H and O–H groups in total. The first-order valence-electron chi connectivity index (χ1n) is 6.88. The van der Waals surface area contributed by atoms with Crippen molar-refractivity contribution >= 4 is 28.4 Å². The van der Waals surface area contributed by atoms with Gasteiger partial charge in [0.15, 0.2) is 0 Å². The lowest BCUT2D eigenvalue weighted by molar-refractivity contribution is -0.117. The minimum absolute atomic E-state index is 0.0422. The summed E-state index contributed by atoms with van der Waals surface area (Å²) in [6, 6.07) is 14.9. The molecule has 0 fully saturated rings. The third kappa shape index (κ3) is 2.65. The summed E-state index contributed by atoms with van der Waals surface area (Å²) in [6.07, 6.45) is 0.0422. The van der Waals surface area contributed by atoms with E-state index in [9.17, 15) is 9.90 Å². The third-order valence-corrected chi connectivity index (χ3v) is 4.05. The highest BCUT2D eigenvalue weighted by Crippen LogP contribution is 2.33. The van der Waals surface area contributed by atoms with Crippen LogP contribution in [0.25, 0.3) is 10.9 Å². The van der Waals surface area contributed by atoms with E-state index < -0.39 is 5.91 Å². The highest BCUT2D eigenvalue weighted by molar-refractivity contribution is 6.32. The topological polar surface area (TPSA) is 68.2 Å². The SMILES string of the molecule is NC(=O)Cc1c(Cl)n(Cc2ccccc2)c2ccc(O)cc12. The Morgan fingerprint density at radius 1 is 1.18 bits per heavy atom. The van der Waals surface area contributed by atoms with Gasteiger partial charge in [-0.2, -0.15) is 0 Å². The maximum absolute atomic E-state index is 11.3. The maximum Gasteiger partial charge on any atom is 0.221 e. The number of carbonyl (C=O) groups is 1. The van der Waals surface area contributed by atoms with Crippen molar-refractivity contribution < 1.29 is 9.90 Å². The molecule has 0 saturated heterocycles. The number of amides is 1. The molecule has 0 radical (unpaired) electrons. The first-order chi connectivity index (χ1) is 10.6. The number of phenolic OH excluding ortho intramolecular Hbond substituents is 1. The molecule has 22 heavy (non-hydrogen) atoms. The van der Waals surface area contributed by atoms with Crippen molar-refractivity contribution in [3.8, 4) is 5.75 Å². The Hall–Kier alpha value is -2.46. The average molecular weight is 315 g/mol. The van der Waals surface area contributed by atoms with Gasteiger partial charge >= 0.3 is 0 Å². The highest BCUT2D eigenvalue weighted by atomic mass is 35.5. The van der Waals surface area contributed by atoms with Gasteiger partial charge in [0.25, 0.3) is 0 Å². The molecule has 0 aliphatic heterocycles. The van der Waals surface area contributed by atoms with Gasteiger partial charge in [0.05, 0.1) is 11.9 Å². The zero-order valence-electron chi connectivity index (χ0n) is 11.8. The van der Waals surface area contributed by atoms with E-state index in [0.29, 0.717) is 17.3 Å². The Balaban J connectivity index is 2.17. The van der Waals surface area contributed by atoms with Crippen LogP contribution < -0.4 is 5.73 Å². The van der Waals surface area contributed by atoms with Crippen molar-refractivity contribution in [2.75, 3.05) is 0 Å². The second-order valence-corrected chi connectivity index (χ2v) is 5.54. The quantitative estimate of drug-likeness (QED) is 0.777. The summed E-state index contributed by atoms with van der Waals surface area (Å²) in [5.74, 6) is -0.323. The number of phenols is 1. The molecule has 0 spiro atoms. The van der Waals surface area contributed by atoms with Crippen LogP contribution in [-0.2, 0) is 17.8 Å². The number of halogens is 1. The Morgan fingerprint density at radius 3 is 2.59 bits per heavy atom. The number of carbonyl (C=O) groups excluding carboxylic acids is 1. The fourth-order valence-corrected chi connectivity index (χ4v) is 2.96. The van der Waals surface area contributed by atoms with E-state index in [0.717, 1.165) is 16.5 Å². The van der Waals surface area contributed by atoms with E-state index in [-0.39, 0.29) is 12.2 Å². The number of aromatic hydroxyl groups is 1. The summed E-state index contributed by atoms with van der Waals surface area (Å²) in [7, 11) is 0. The molecule has 2 aromatic carbocycles. The average Bonchev–Trinajstić information content (AvgIpc) is 2.73. The number of nitrogens with zero attached hydrogens (tertiary/aromatic N) is 1. The van der Waals surface area contributed by atoms with Crippen LogP contribution >= 0.6 is 11.6 Å². The van der Waals surface area contributed by atoms with Gasteiger partial charge in [0.2, 0.25) is 5.91 Å². The monoisotopic (exact) mass is 314 g/mol. The Labute approximate surface area is 132 Å². The number of hydrogen-bond acceptors (Lipinski definition) is 2. The van der Waals surface area contributed by atoms with Gasteiger partial charge in [-0.25, -0.2) is 0 Å². The highest BCUT2D eigenvalue weighted by Gasteiger charge is 2.17. The standard InChI is InChI=1S/C17H15ClN2O2/c18-17-14(9-16(19)22)13-8-12(21)6-7-15(13)20(17)10-11-4-2-1-3-5-11/h1-8,21H,9-10H2,(H2,19,22). The molecule has 0 aliphatic carbocycles. The minimum Gasteiger partial charge on any atom is -0.508 e. The molecule has 3 aromatic rings. The Bertz CT molecular complexity index is 841. The molecule has 112 valence electrons. The molecule has 1 amide bonds. The predicted molar refractivity (Wildman–Crippen MR) is 87.1 cm³/mol. The van der Waals surface area contributed by atoms with Crippen LogP contribution in [0.5, 0.6) is 5.75 Å². The van der Waals surface area contributed by atoms with E-state index in [1.807, 2.05) is 34.9 Å². The van der Waals surface area contributed by atoms with Crippen molar-refractivity contribution in [2.24, 2.45) is 5.73 Å². The van der Waals surface area contributed by atoms with Crippen LogP contribution in [0, 0.1) is 0 Å². The first-order valence-corrected chi connectivity index (χ1v) is 7.26. The van der Waals surface area contributed by atoms with Crippen LogP contribution in [0.4, 0.5) is 0 Å². The number of fused-ring (bicyclic) bond motifs is 1. The van der Waals surface area contributed by atoms with Crippen molar-refractivity contribution in [3.05, 3.63) is 64.8 Å². The molecule has 0 saturated carbocycles. The minimum atomic E-state index is -0.455. The van der Waals surface area contributed by atoms with Gasteiger partial charge in [-0.15, -0.1) is 0 Å². The molecule has 0 atom stereocenters. The zero-order chi connectivity index (χ0) is 15.7. The van der Waals surface area contributed by atoms with Crippen LogP contribution in [-0.4, -0.2) is 15.6 Å². The van der Waals surface area contributed by atoms with Gasteiger partial charge in [-0.3, -0.25) is 4.79 Å². The van der Waals surface area contributed by atoms with Crippen molar-refractivity contribution in [3.63, 3.8) is 0 Å². The van der Waals surface area contributed by atoms with E-state index in [2.05, 4.69) is 0 Å². The number of aromatic nitrogens is 1. The summed E-state index contributed by atoms with van der Waals surface area (Å²) in [6.45, 7) is 0.583. The first kappa shape index (κ1) is 14.5. The van der Waals surface area contributed by atoms with Gasteiger partial charge in [-0.1, -0.05) is 41.9 Å². The second-order valence-electron chi connectivity index (χ2n) is 5.19. The lowest BCUT2D eigenvalue weighted by atomic mass is 10.1. The number of nitrogens with two attached hydrogens (primary N) is 1. The largest absolute Gasteiger partial charge is 0.508 e. The number of benzene rings is 2. The number of primary amides is 1. The summed E-state index contributed by atoms with van der Waals surface area (Å²) in [5.41, 5.74) is 7.93. The van der Waals surface area contributed by atoms with Crippen molar-refractivity contribution in [1.82, 2.24) is 4.57 Å². The van der Waals surface area contributed by atoms with Crippen LogP contribution in [0.3, 0.4) is 0 Å². The van der Waals surface area contributed by atoms with Gasteiger partial charge in [-0.05, 0) is 23.8 Å². The molecule has 4 nitrogen and oxygen atoms in total. The molecular formula is C17H15ClN2O2. The summed E-state index contributed by atoms with van der Waals surface area (Å²) in [4.78, 5) is 11.3. The molecule has 0 bridgehead atoms. The van der Waals surface area contributed by atoms with Gasteiger partial charge < -0.3 is 15.4 Å². The molecule has 1 aromatic heterocycles. The number of rotatable bonds is 4. The van der Waals surface area contributed by atoms with E-state index in [4.69, 9.17) is 17.3 Å². The molecule has 1 heterocycles. The zero-order valence-corrected chi connectivity index (χ0v) is 12.5. The summed E-state index contributed by atoms with van der Waals surface area (Å²) < 4.78 is 1.92. The maximum atomic E-state index is 11.3. The van der Waals surface area contributed by atoms with E-state index in [1.54, 1.807) is 18.2 Å². The Kier molecular flexibility index (Phi) is 3.77. The van der Waals surface area contributed by atoms with Crippen molar-refractivity contribution in [1.29, 1.82) is 0 Å². The molecule has 0 aliphatic rings. The Morgan fingerprint density at radius 2 is 1.91 bits per heavy atom. The fourth-order valence-electron chi connectivity index (χ4n) is 2.64. The van der Waals surface area contributed by atoms with E-state index in [1.165, 1.54) is 0 Å². The predicted octanol–water partition coefficient (Wildman–Crippen LogP) is 3.08. The molecule has 0 unspecified atom stereocenters. The van der Waals surface area contributed by atoms with Gasteiger partial charge in [0.1, 0.15) is 10.9 Å². The normalized spacial score (nSPS) is 11.0. The summed E-state index contributed by atoms with van der Waals surface area (Å²) >= 11 is 6.47. The van der Waals surface area contributed by atoms with Gasteiger partial charge in [0, 0.05) is 17.5 Å². The van der Waals surface area contributed by atoms with Crippen LogP contribution in [0.15, 0.2) is 48.5 Å². The lowest BCUT2D eigenvalue weighted by Gasteiger charge is -2.07. The smallest absolute Gasteiger partial charge is 0.221 e. The number of hydrogen-bond donors (Lipinski definition) is 2. The van der Waals surface area contributed by atoms with Crippen LogP contribution in [0.2, 0.25) is 5.15 Å². The molecule has 5 heteroatoms. The molecular weight excluding hydrogens is 300 g/mol. The summed E-state index contributed by atoms with van der Waals surface area (Å²) in [5, 5.41) is 10.9. The second kappa shape index (κ2) is 5.73. The molecule has 3 rings (SSSR count). The van der Waals surface area contributed by atoms with Crippen molar-refractivity contribution in [2.45, 2.75) is 13.0 Å². The lowest BCUT2D eigenvalue weighted by Crippen LogP contribution is -2.13.